The molecule has 0 atom stereocenters. The molecule has 5 nitrogen and oxygen atoms in total. The standard InChI is InChI=1S/C13H8Cl3N3O2/c1-18-8(16)4-17-9(18)5-19-11-7(15)3-2-6(14)10(11)12(20)13(19)21/h2-4H,5H2,1H3. The van der Waals surface area contributed by atoms with Crippen molar-refractivity contribution in [2.75, 3.05) is 4.90 Å². The number of nitrogens with zero attached hydrogens (tertiary/aromatic N) is 3. The molecular formula is C13H8Cl3N3O2. The van der Waals surface area contributed by atoms with Crippen LogP contribution in [0.4, 0.5) is 5.69 Å². The van der Waals surface area contributed by atoms with Gasteiger partial charge in [-0.25, -0.2) is 4.98 Å². The minimum Gasteiger partial charge on any atom is -0.321 e. The molecule has 1 aliphatic rings. The predicted molar refractivity (Wildman–Crippen MR) is 80.2 cm³/mol. The zero-order valence-electron chi connectivity index (χ0n) is 10.7. The fourth-order valence-corrected chi connectivity index (χ4v) is 2.86. The molecule has 0 fully saturated rings. The molecule has 0 N–H and O–H groups in total. The Kier molecular flexibility index (Phi) is 3.43. The first-order valence-corrected chi connectivity index (χ1v) is 7.05. The van der Waals surface area contributed by atoms with Crippen molar-refractivity contribution in [3.05, 3.63) is 44.9 Å². The van der Waals surface area contributed by atoms with Gasteiger partial charge < -0.3 is 4.57 Å². The van der Waals surface area contributed by atoms with Gasteiger partial charge in [0, 0.05) is 7.05 Å². The van der Waals surface area contributed by atoms with Gasteiger partial charge in [-0.1, -0.05) is 34.8 Å². The fraction of sp³-hybridized carbons (Fsp3) is 0.154. The summed E-state index contributed by atoms with van der Waals surface area (Å²) in [4.78, 5) is 29.6. The van der Waals surface area contributed by atoms with Crippen LogP contribution in [0.3, 0.4) is 0 Å². The summed E-state index contributed by atoms with van der Waals surface area (Å²) >= 11 is 18.0. The van der Waals surface area contributed by atoms with Crippen LogP contribution >= 0.6 is 34.8 Å². The molecule has 2 heterocycles. The number of benzene rings is 1. The SMILES string of the molecule is Cn1c(Cl)cnc1CN1C(=O)C(=O)c2c(Cl)ccc(Cl)c21. The van der Waals surface area contributed by atoms with Gasteiger partial charge >= 0.3 is 0 Å². The van der Waals surface area contributed by atoms with Crippen LogP contribution in [0.1, 0.15) is 16.2 Å². The number of carbonyl (C=O) groups is 2. The second-order valence-corrected chi connectivity index (χ2v) is 5.73. The van der Waals surface area contributed by atoms with Gasteiger partial charge in [0.05, 0.1) is 34.0 Å². The second kappa shape index (κ2) is 5.02. The Morgan fingerprint density at radius 2 is 1.81 bits per heavy atom. The molecule has 0 radical (unpaired) electrons. The molecule has 0 aliphatic carbocycles. The normalized spacial score (nSPS) is 14.0. The van der Waals surface area contributed by atoms with Crippen molar-refractivity contribution in [2.45, 2.75) is 6.54 Å². The number of hydrogen-bond donors (Lipinski definition) is 0. The molecule has 1 aliphatic heterocycles. The summed E-state index contributed by atoms with van der Waals surface area (Å²) in [5.74, 6) is -0.818. The topological polar surface area (TPSA) is 55.2 Å². The van der Waals surface area contributed by atoms with Crippen molar-refractivity contribution in [2.24, 2.45) is 7.05 Å². The molecule has 3 rings (SSSR count). The van der Waals surface area contributed by atoms with Gasteiger partial charge in [0.1, 0.15) is 11.0 Å². The number of imidazole rings is 1. The Balaban J connectivity index is 2.10. The van der Waals surface area contributed by atoms with Crippen molar-refractivity contribution < 1.29 is 9.59 Å². The predicted octanol–water partition coefficient (Wildman–Crippen LogP) is 3.11. The smallest absolute Gasteiger partial charge is 0.300 e. The number of aromatic nitrogens is 2. The van der Waals surface area contributed by atoms with Crippen LogP contribution in [-0.4, -0.2) is 21.2 Å². The zero-order valence-corrected chi connectivity index (χ0v) is 13.0. The van der Waals surface area contributed by atoms with Gasteiger partial charge in [0.2, 0.25) is 0 Å². The summed E-state index contributed by atoms with van der Waals surface area (Å²) in [7, 11) is 1.72. The molecule has 0 saturated heterocycles. The van der Waals surface area contributed by atoms with Crippen molar-refractivity contribution in [1.82, 2.24) is 9.55 Å². The molecule has 1 aromatic carbocycles. The number of fused-ring (bicyclic) bond motifs is 1. The lowest BCUT2D eigenvalue weighted by molar-refractivity contribution is -0.114. The Bertz CT molecular complexity index is 785. The van der Waals surface area contributed by atoms with E-state index in [-0.39, 0.29) is 22.2 Å². The maximum atomic E-state index is 12.2. The minimum absolute atomic E-state index is 0.0842. The Morgan fingerprint density at radius 1 is 1.14 bits per heavy atom. The summed E-state index contributed by atoms with van der Waals surface area (Å²) in [5.41, 5.74) is 0.452. The number of carbonyl (C=O) groups excluding carboxylic acids is 2. The number of Topliss-reactive ketones (excluding diaryl/α,β-unsaturated/α-hetero) is 1. The highest BCUT2D eigenvalue weighted by Crippen LogP contribution is 2.40. The molecule has 108 valence electrons. The van der Waals surface area contributed by atoms with E-state index in [2.05, 4.69) is 4.98 Å². The quantitative estimate of drug-likeness (QED) is 0.787. The van der Waals surface area contributed by atoms with E-state index < -0.39 is 11.7 Å². The van der Waals surface area contributed by atoms with Crippen LogP contribution < -0.4 is 4.90 Å². The van der Waals surface area contributed by atoms with Crippen molar-refractivity contribution in [3.8, 4) is 0 Å². The number of rotatable bonds is 2. The number of hydrogen-bond acceptors (Lipinski definition) is 3. The molecular weight excluding hydrogens is 337 g/mol. The molecule has 1 amide bonds. The van der Waals surface area contributed by atoms with E-state index >= 15 is 0 Å². The summed E-state index contributed by atoms with van der Waals surface area (Å²) in [6.45, 7) is 0.0842. The molecule has 0 spiro atoms. The van der Waals surface area contributed by atoms with Crippen molar-refractivity contribution in [3.63, 3.8) is 0 Å². The van der Waals surface area contributed by atoms with Crippen LogP contribution in [-0.2, 0) is 18.4 Å². The number of halogens is 3. The van der Waals surface area contributed by atoms with E-state index in [9.17, 15) is 9.59 Å². The van der Waals surface area contributed by atoms with Gasteiger partial charge in [0.15, 0.2) is 0 Å². The van der Waals surface area contributed by atoms with Crippen LogP contribution in [0.15, 0.2) is 18.3 Å². The van der Waals surface area contributed by atoms with Crippen LogP contribution in [0.2, 0.25) is 15.2 Å². The Hall–Kier alpha value is -1.56. The molecule has 8 heteroatoms. The largest absolute Gasteiger partial charge is 0.321 e. The molecule has 2 aromatic rings. The minimum atomic E-state index is -0.681. The van der Waals surface area contributed by atoms with Gasteiger partial charge in [-0.2, -0.15) is 0 Å². The van der Waals surface area contributed by atoms with E-state index in [0.717, 1.165) is 0 Å². The third-order valence-corrected chi connectivity index (χ3v) is 4.31. The molecule has 0 bridgehead atoms. The number of ketones is 1. The first kappa shape index (κ1) is 14.4. The highest BCUT2D eigenvalue weighted by atomic mass is 35.5. The van der Waals surface area contributed by atoms with Gasteiger partial charge in [-0.05, 0) is 12.1 Å². The van der Waals surface area contributed by atoms with E-state index in [4.69, 9.17) is 34.8 Å². The van der Waals surface area contributed by atoms with E-state index in [1.165, 1.54) is 17.2 Å². The maximum Gasteiger partial charge on any atom is 0.300 e. The highest BCUT2D eigenvalue weighted by Gasteiger charge is 2.39. The summed E-state index contributed by atoms with van der Waals surface area (Å²) < 4.78 is 1.62. The summed E-state index contributed by atoms with van der Waals surface area (Å²) in [6, 6.07) is 3.04. The van der Waals surface area contributed by atoms with Crippen molar-refractivity contribution in [1.29, 1.82) is 0 Å². The van der Waals surface area contributed by atoms with Crippen LogP contribution in [0.5, 0.6) is 0 Å². The molecule has 21 heavy (non-hydrogen) atoms. The lowest BCUT2D eigenvalue weighted by atomic mass is 10.1. The fourth-order valence-electron chi connectivity index (χ4n) is 2.22. The van der Waals surface area contributed by atoms with Gasteiger partial charge in [-0.15, -0.1) is 0 Å². The highest BCUT2D eigenvalue weighted by molar-refractivity contribution is 6.56. The summed E-state index contributed by atoms with van der Waals surface area (Å²) in [5, 5.41) is 0.919. The number of amides is 1. The maximum absolute atomic E-state index is 12.2. The van der Waals surface area contributed by atoms with Crippen LogP contribution in [0.25, 0.3) is 0 Å². The van der Waals surface area contributed by atoms with Gasteiger partial charge in [-0.3, -0.25) is 14.5 Å². The average molecular weight is 345 g/mol. The number of anilines is 1. The van der Waals surface area contributed by atoms with Gasteiger partial charge in [0.25, 0.3) is 11.7 Å². The van der Waals surface area contributed by atoms with Crippen LogP contribution in [0, 0.1) is 0 Å². The first-order chi connectivity index (χ1) is 9.91. The third-order valence-electron chi connectivity index (χ3n) is 3.34. The third kappa shape index (κ3) is 2.12. The molecule has 0 saturated carbocycles. The first-order valence-electron chi connectivity index (χ1n) is 5.92. The lowest BCUT2D eigenvalue weighted by Crippen LogP contribution is -2.30. The van der Waals surface area contributed by atoms with E-state index in [1.807, 2.05) is 0 Å². The average Bonchev–Trinajstić information content (AvgIpc) is 2.90. The summed E-state index contributed by atoms with van der Waals surface area (Å²) in [6.07, 6.45) is 1.47. The second-order valence-electron chi connectivity index (χ2n) is 4.53. The Labute approximate surface area is 135 Å². The monoisotopic (exact) mass is 343 g/mol. The Morgan fingerprint density at radius 3 is 2.43 bits per heavy atom. The lowest BCUT2D eigenvalue weighted by Gasteiger charge is -2.17. The molecule has 0 unspecified atom stereocenters. The zero-order chi connectivity index (χ0) is 15.3. The van der Waals surface area contributed by atoms with Crippen molar-refractivity contribution >= 4 is 52.2 Å². The molecule has 1 aromatic heterocycles. The van der Waals surface area contributed by atoms with E-state index in [0.29, 0.717) is 16.7 Å². The van der Waals surface area contributed by atoms with E-state index in [1.54, 1.807) is 17.7 Å².